The minimum atomic E-state index is -3.89. The predicted octanol–water partition coefficient (Wildman–Crippen LogP) is 4.58. The molecule has 7 nitrogen and oxygen atoms in total. The van der Waals surface area contributed by atoms with Crippen LogP contribution in [0.3, 0.4) is 0 Å². The van der Waals surface area contributed by atoms with Gasteiger partial charge >= 0.3 is 0 Å². The lowest BCUT2D eigenvalue weighted by Gasteiger charge is -2.18. The summed E-state index contributed by atoms with van der Waals surface area (Å²) in [7, 11) is -3.89. The number of fused-ring (bicyclic) bond motifs is 1. The molecule has 0 saturated carbocycles. The van der Waals surface area contributed by atoms with Crippen molar-refractivity contribution >= 4 is 49.7 Å². The van der Waals surface area contributed by atoms with Gasteiger partial charge in [0, 0.05) is 40.2 Å². The van der Waals surface area contributed by atoms with Gasteiger partial charge in [0.05, 0.1) is 4.90 Å². The number of nitrogens with one attached hydrogen (secondary N) is 3. The Kier molecular flexibility index (Phi) is 6.03. The molecule has 0 bridgehead atoms. The van der Waals surface area contributed by atoms with Crippen LogP contribution in [0.5, 0.6) is 0 Å². The fraction of sp³-hybridized carbons (Fsp3) is 0.217. The summed E-state index contributed by atoms with van der Waals surface area (Å²) in [6, 6.07) is 16.5. The Morgan fingerprint density at radius 1 is 0.774 bits per heavy atom. The van der Waals surface area contributed by atoms with Crippen molar-refractivity contribution in [2.24, 2.45) is 5.41 Å². The number of hydrogen-bond acceptors (Lipinski definition) is 4. The van der Waals surface area contributed by atoms with Crippen molar-refractivity contribution in [3.05, 3.63) is 60.7 Å². The predicted molar refractivity (Wildman–Crippen MR) is 124 cm³/mol. The van der Waals surface area contributed by atoms with Crippen molar-refractivity contribution < 1.29 is 18.0 Å². The first-order valence-corrected chi connectivity index (χ1v) is 11.2. The van der Waals surface area contributed by atoms with Gasteiger partial charge in [-0.3, -0.25) is 14.3 Å². The third kappa shape index (κ3) is 5.21. The summed E-state index contributed by atoms with van der Waals surface area (Å²) in [6.07, 6.45) is 0. The van der Waals surface area contributed by atoms with Gasteiger partial charge in [-0.15, -0.1) is 0 Å². The zero-order chi connectivity index (χ0) is 22.8. The summed E-state index contributed by atoms with van der Waals surface area (Å²) >= 11 is 0. The largest absolute Gasteiger partial charge is 0.326 e. The van der Waals surface area contributed by atoms with Crippen molar-refractivity contribution in [2.75, 3.05) is 15.4 Å². The molecule has 0 heterocycles. The maximum Gasteiger partial charge on any atom is 0.262 e. The molecular weight excluding hydrogens is 414 g/mol. The molecule has 8 heteroatoms. The maximum atomic E-state index is 13.1. The Labute approximate surface area is 181 Å². The normalized spacial score (nSPS) is 11.7. The van der Waals surface area contributed by atoms with Crippen LogP contribution in [0.1, 0.15) is 27.7 Å². The number of anilines is 3. The second-order valence-corrected chi connectivity index (χ2v) is 9.88. The SMILES string of the molecule is CC(=O)Nc1ccc(S(=O)(=O)Nc2ccc(NC(=O)C(C)(C)C)cc2)c2ccccc12. The van der Waals surface area contributed by atoms with E-state index >= 15 is 0 Å². The van der Waals surface area contributed by atoms with Crippen LogP contribution in [-0.2, 0) is 19.6 Å². The van der Waals surface area contributed by atoms with Crippen LogP contribution in [0.25, 0.3) is 10.8 Å². The minimum absolute atomic E-state index is 0.0994. The van der Waals surface area contributed by atoms with Crippen molar-refractivity contribution in [1.82, 2.24) is 0 Å². The number of carbonyl (C=O) groups is 2. The number of carbonyl (C=O) groups excluding carboxylic acids is 2. The van der Waals surface area contributed by atoms with E-state index in [4.69, 9.17) is 0 Å². The van der Waals surface area contributed by atoms with Gasteiger partial charge in [0.1, 0.15) is 0 Å². The van der Waals surface area contributed by atoms with Gasteiger partial charge in [0.15, 0.2) is 0 Å². The Balaban J connectivity index is 1.88. The van der Waals surface area contributed by atoms with E-state index in [1.807, 2.05) is 20.8 Å². The third-order valence-corrected chi connectivity index (χ3v) is 6.00. The maximum absolute atomic E-state index is 13.1. The fourth-order valence-electron chi connectivity index (χ4n) is 2.95. The fourth-order valence-corrected chi connectivity index (χ4v) is 4.23. The van der Waals surface area contributed by atoms with Crippen LogP contribution in [0, 0.1) is 5.41 Å². The van der Waals surface area contributed by atoms with E-state index < -0.39 is 15.4 Å². The van der Waals surface area contributed by atoms with Gasteiger partial charge in [0.25, 0.3) is 10.0 Å². The summed E-state index contributed by atoms with van der Waals surface area (Å²) in [5, 5.41) is 6.64. The van der Waals surface area contributed by atoms with E-state index in [-0.39, 0.29) is 16.7 Å². The second kappa shape index (κ2) is 8.39. The van der Waals surface area contributed by atoms with Gasteiger partial charge in [-0.05, 0) is 36.4 Å². The molecule has 3 aromatic rings. The highest BCUT2D eigenvalue weighted by atomic mass is 32.2. The van der Waals surface area contributed by atoms with E-state index in [1.165, 1.54) is 13.0 Å². The van der Waals surface area contributed by atoms with Crippen LogP contribution in [-0.4, -0.2) is 20.2 Å². The average Bonchev–Trinajstić information content (AvgIpc) is 2.68. The summed E-state index contributed by atoms with van der Waals surface area (Å²) in [4.78, 5) is 23.7. The monoisotopic (exact) mass is 439 g/mol. The molecule has 0 radical (unpaired) electrons. The first kappa shape index (κ1) is 22.3. The molecule has 162 valence electrons. The number of hydrogen-bond donors (Lipinski definition) is 3. The smallest absolute Gasteiger partial charge is 0.262 e. The highest BCUT2D eigenvalue weighted by Crippen LogP contribution is 2.31. The Morgan fingerprint density at radius 3 is 1.94 bits per heavy atom. The zero-order valence-corrected chi connectivity index (χ0v) is 18.6. The molecule has 3 N–H and O–H groups in total. The quantitative estimate of drug-likeness (QED) is 0.541. The lowest BCUT2D eigenvalue weighted by Crippen LogP contribution is -2.27. The van der Waals surface area contributed by atoms with Gasteiger partial charge < -0.3 is 10.6 Å². The highest BCUT2D eigenvalue weighted by molar-refractivity contribution is 7.93. The summed E-state index contributed by atoms with van der Waals surface area (Å²) in [5.41, 5.74) is 0.947. The van der Waals surface area contributed by atoms with E-state index in [2.05, 4.69) is 15.4 Å². The Morgan fingerprint density at radius 2 is 1.35 bits per heavy atom. The van der Waals surface area contributed by atoms with Crippen LogP contribution in [0.2, 0.25) is 0 Å². The Bertz CT molecular complexity index is 1240. The van der Waals surface area contributed by atoms with Crippen LogP contribution >= 0.6 is 0 Å². The van der Waals surface area contributed by atoms with E-state index in [1.54, 1.807) is 54.6 Å². The summed E-state index contributed by atoms with van der Waals surface area (Å²) in [6.45, 7) is 6.83. The number of sulfonamides is 1. The number of benzene rings is 3. The lowest BCUT2D eigenvalue weighted by atomic mass is 9.95. The molecule has 3 aromatic carbocycles. The third-order valence-electron chi connectivity index (χ3n) is 4.56. The lowest BCUT2D eigenvalue weighted by molar-refractivity contribution is -0.123. The minimum Gasteiger partial charge on any atom is -0.326 e. The second-order valence-electron chi connectivity index (χ2n) is 8.23. The molecule has 0 fully saturated rings. The number of amides is 2. The molecule has 0 atom stereocenters. The van der Waals surface area contributed by atoms with Crippen LogP contribution in [0.4, 0.5) is 17.1 Å². The summed E-state index contributed by atoms with van der Waals surface area (Å²) < 4.78 is 28.7. The van der Waals surface area contributed by atoms with Crippen molar-refractivity contribution in [3.8, 4) is 0 Å². The van der Waals surface area contributed by atoms with E-state index in [0.717, 1.165) is 0 Å². The molecule has 0 unspecified atom stereocenters. The molecule has 0 aliphatic heterocycles. The van der Waals surface area contributed by atoms with E-state index in [9.17, 15) is 18.0 Å². The van der Waals surface area contributed by atoms with Crippen LogP contribution < -0.4 is 15.4 Å². The van der Waals surface area contributed by atoms with E-state index in [0.29, 0.717) is 27.8 Å². The first-order chi connectivity index (χ1) is 14.5. The molecule has 0 spiro atoms. The molecule has 0 aromatic heterocycles. The Hall–Kier alpha value is -3.39. The standard InChI is InChI=1S/C23H25N3O4S/c1-15(27)24-20-13-14-21(19-8-6-5-7-18(19)20)31(29,30)26-17-11-9-16(10-12-17)25-22(28)23(2,3)4/h5-14,26H,1-4H3,(H,24,27)(H,25,28). The van der Waals surface area contributed by atoms with Gasteiger partial charge in [0.2, 0.25) is 11.8 Å². The molecule has 0 saturated heterocycles. The summed E-state index contributed by atoms with van der Waals surface area (Å²) in [5.74, 6) is -0.371. The molecule has 3 rings (SSSR count). The van der Waals surface area contributed by atoms with Gasteiger partial charge in [-0.25, -0.2) is 8.42 Å². The van der Waals surface area contributed by atoms with Crippen molar-refractivity contribution in [2.45, 2.75) is 32.6 Å². The van der Waals surface area contributed by atoms with Gasteiger partial charge in [-0.2, -0.15) is 0 Å². The number of rotatable bonds is 5. The topological polar surface area (TPSA) is 104 Å². The zero-order valence-electron chi connectivity index (χ0n) is 17.8. The first-order valence-electron chi connectivity index (χ1n) is 9.71. The average molecular weight is 440 g/mol. The van der Waals surface area contributed by atoms with Gasteiger partial charge in [-0.1, -0.05) is 45.0 Å². The molecule has 0 aliphatic rings. The van der Waals surface area contributed by atoms with Crippen molar-refractivity contribution in [1.29, 1.82) is 0 Å². The highest BCUT2D eigenvalue weighted by Gasteiger charge is 2.22. The molecule has 0 aliphatic carbocycles. The van der Waals surface area contributed by atoms with Crippen molar-refractivity contribution in [3.63, 3.8) is 0 Å². The molecular formula is C23H25N3O4S. The van der Waals surface area contributed by atoms with Crippen LogP contribution in [0.15, 0.2) is 65.6 Å². The molecule has 2 amide bonds. The molecule has 31 heavy (non-hydrogen) atoms.